The molecule has 0 aromatic heterocycles. The molecule has 0 saturated carbocycles. The Morgan fingerprint density at radius 2 is 1.84 bits per heavy atom. The summed E-state index contributed by atoms with van der Waals surface area (Å²) in [6.07, 6.45) is -2.48. The van der Waals surface area contributed by atoms with Crippen molar-refractivity contribution in [3.8, 4) is 0 Å². The molecule has 2 aromatic carbocycles. The first kappa shape index (κ1) is 27.5. The molecule has 0 spiro atoms. The van der Waals surface area contributed by atoms with Crippen LogP contribution < -0.4 is 5.32 Å². The number of carbonyl (C=O) groups excluding carboxylic acids is 2. The fourth-order valence-corrected chi connectivity index (χ4v) is 4.88. The maximum atomic E-state index is 13.4. The fraction of sp³-hybridized carbons (Fsp3) is 0.423. The number of β-amino-alcohol motifs (C(OH)–C–C–N with tert-alkyl or cyclic N) is 1. The Morgan fingerprint density at radius 1 is 1.11 bits per heavy atom. The molecule has 4 rings (SSSR count). The third-order valence-electron chi connectivity index (χ3n) is 6.63. The van der Waals surface area contributed by atoms with Gasteiger partial charge in [0.15, 0.2) is 0 Å². The molecule has 2 fully saturated rings. The number of rotatable bonds is 9. The molecule has 2 aliphatic heterocycles. The van der Waals surface area contributed by atoms with Gasteiger partial charge >= 0.3 is 12.0 Å². The highest BCUT2D eigenvalue weighted by molar-refractivity contribution is 5.87. The molecule has 0 radical (unpaired) electrons. The van der Waals surface area contributed by atoms with Crippen LogP contribution in [0, 0.1) is 5.82 Å². The van der Waals surface area contributed by atoms with Crippen molar-refractivity contribution in [1.29, 1.82) is 0 Å². The molecular formula is C26H32FN5O6. The summed E-state index contributed by atoms with van der Waals surface area (Å²) >= 11 is 0. The van der Waals surface area contributed by atoms with Gasteiger partial charge in [-0.25, -0.2) is 24.1 Å². The molecule has 3 N–H and O–H groups in total. The molecule has 3 amide bonds. The first-order valence-electron chi connectivity index (χ1n) is 12.3. The van der Waals surface area contributed by atoms with Crippen LogP contribution in [0.25, 0.3) is 0 Å². The smallest absolute Gasteiger partial charge is 0.333 e. The lowest BCUT2D eigenvalue weighted by Gasteiger charge is -2.56. The van der Waals surface area contributed by atoms with Crippen LogP contribution in [0.3, 0.4) is 0 Å². The van der Waals surface area contributed by atoms with Crippen LogP contribution in [0.2, 0.25) is 0 Å². The van der Waals surface area contributed by atoms with Gasteiger partial charge in [-0.1, -0.05) is 42.5 Å². The van der Waals surface area contributed by atoms with Crippen molar-refractivity contribution in [1.82, 2.24) is 25.1 Å². The molecule has 2 saturated heterocycles. The number of carboxylic acid groups (broad SMARTS) is 1. The van der Waals surface area contributed by atoms with Crippen molar-refractivity contribution < 1.29 is 33.7 Å². The standard InChI is InChI=1S/C26H32FN5O6/c1-29-16-23(33)31-21(13-24(34)35)25(36)30(10-11-38-17-19-8-5-9-20(27)12-19)15-22(31)32(29)26(37)28-14-18-6-3-2-4-7-18/h2-9,12,21-23,33H,10-11,13-17H2,1H3,(H,28,37)(H,34,35)/t21-,22-,23?/m0/s1. The number of carbonyl (C=O) groups is 3. The molecule has 11 nitrogen and oxygen atoms in total. The van der Waals surface area contributed by atoms with E-state index in [9.17, 15) is 29.0 Å². The van der Waals surface area contributed by atoms with Gasteiger partial charge in [-0.2, -0.15) is 0 Å². The van der Waals surface area contributed by atoms with E-state index in [1.54, 1.807) is 24.2 Å². The molecule has 0 bridgehead atoms. The van der Waals surface area contributed by atoms with Crippen molar-refractivity contribution in [2.24, 2.45) is 0 Å². The van der Waals surface area contributed by atoms with E-state index in [-0.39, 0.29) is 45.2 Å². The minimum Gasteiger partial charge on any atom is -0.481 e. The van der Waals surface area contributed by atoms with Gasteiger partial charge in [0.25, 0.3) is 0 Å². The molecule has 2 aliphatic rings. The van der Waals surface area contributed by atoms with Gasteiger partial charge in [0, 0.05) is 20.1 Å². The van der Waals surface area contributed by atoms with Gasteiger partial charge in [0.05, 0.1) is 32.7 Å². The minimum atomic E-state index is -1.20. The van der Waals surface area contributed by atoms with E-state index in [0.29, 0.717) is 5.56 Å². The largest absolute Gasteiger partial charge is 0.481 e. The summed E-state index contributed by atoms with van der Waals surface area (Å²) in [7, 11) is 1.65. The van der Waals surface area contributed by atoms with Crippen LogP contribution in [0.5, 0.6) is 0 Å². The molecule has 0 aliphatic carbocycles. The number of aliphatic hydroxyl groups is 1. The second-order valence-electron chi connectivity index (χ2n) is 9.32. The monoisotopic (exact) mass is 529 g/mol. The lowest BCUT2D eigenvalue weighted by Crippen LogP contribution is -2.77. The average Bonchev–Trinajstić information content (AvgIpc) is 2.87. The summed E-state index contributed by atoms with van der Waals surface area (Å²) in [5.41, 5.74) is 1.54. The molecule has 38 heavy (non-hydrogen) atoms. The number of hydrazine groups is 1. The zero-order chi connectivity index (χ0) is 27.2. The number of likely N-dealkylation sites (N-methyl/N-ethyl adjacent to an activating group) is 1. The van der Waals surface area contributed by atoms with Crippen LogP contribution in [-0.4, -0.2) is 99.7 Å². The molecule has 2 heterocycles. The summed E-state index contributed by atoms with van der Waals surface area (Å²) in [6, 6.07) is 13.8. The number of aliphatic hydroxyl groups excluding tert-OH is 1. The highest BCUT2D eigenvalue weighted by Gasteiger charge is 2.51. The van der Waals surface area contributed by atoms with Crippen molar-refractivity contribution in [2.75, 3.05) is 33.3 Å². The second-order valence-corrected chi connectivity index (χ2v) is 9.32. The number of hydrogen-bond donors (Lipinski definition) is 3. The number of benzene rings is 2. The minimum absolute atomic E-state index is 0.00933. The number of fused-ring (bicyclic) bond motifs is 1. The van der Waals surface area contributed by atoms with Crippen molar-refractivity contribution in [3.05, 3.63) is 71.5 Å². The summed E-state index contributed by atoms with van der Waals surface area (Å²) < 4.78 is 19.1. The zero-order valence-corrected chi connectivity index (χ0v) is 21.1. The van der Waals surface area contributed by atoms with Crippen LogP contribution in [-0.2, 0) is 27.5 Å². The topological polar surface area (TPSA) is 126 Å². The first-order valence-corrected chi connectivity index (χ1v) is 12.3. The number of ether oxygens (including phenoxy) is 1. The number of hydrogen-bond acceptors (Lipinski definition) is 7. The van der Waals surface area contributed by atoms with Crippen molar-refractivity contribution in [3.63, 3.8) is 0 Å². The van der Waals surface area contributed by atoms with Gasteiger partial charge in [0.1, 0.15) is 24.3 Å². The van der Waals surface area contributed by atoms with Crippen molar-refractivity contribution >= 4 is 17.9 Å². The van der Waals surface area contributed by atoms with Crippen molar-refractivity contribution in [2.45, 2.75) is 38.0 Å². The molecule has 1 unspecified atom stereocenters. The second kappa shape index (κ2) is 12.3. The van der Waals surface area contributed by atoms with Gasteiger partial charge in [-0.15, -0.1) is 0 Å². The highest BCUT2D eigenvalue weighted by Crippen LogP contribution is 2.29. The molecule has 2 aromatic rings. The summed E-state index contributed by atoms with van der Waals surface area (Å²) in [5, 5.41) is 26.2. The van der Waals surface area contributed by atoms with Crippen LogP contribution in [0.4, 0.5) is 9.18 Å². The molecule has 3 atom stereocenters. The number of aliphatic carboxylic acids is 1. The third kappa shape index (κ3) is 6.45. The summed E-state index contributed by atoms with van der Waals surface area (Å²) in [4.78, 5) is 41.1. The van der Waals surface area contributed by atoms with E-state index in [1.165, 1.54) is 26.9 Å². The molecule has 12 heteroatoms. The number of nitrogens with one attached hydrogen (secondary N) is 1. The fourth-order valence-electron chi connectivity index (χ4n) is 4.88. The zero-order valence-electron chi connectivity index (χ0n) is 21.1. The number of amides is 3. The maximum absolute atomic E-state index is 13.4. The maximum Gasteiger partial charge on any atom is 0.333 e. The number of piperazine rings is 1. The number of halogens is 1. The predicted octanol–water partition coefficient (Wildman–Crippen LogP) is 1.05. The predicted molar refractivity (Wildman–Crippen MR) is 133 cm³/mol. The first-order chi connectivity index (χ1) is 18.2. The Kier molecular flexibility index (Phi) is 8.89. The van der Waals surface area contributed by atoms with Gasteiger partial charge in [-0.3, -0.25) is 9.59 Å². The van der Waals surface area contributed by atoms with Crippen LogP contribution >= 0.6 is 0 Å². The average molecular weight is 530 g/mol. The number of urea groups is 1. The third-order valence-corrected chi connectivity index (χ3v) is 6.63. The van der Waals surface area contributed by atoms with Gasteiger partial charge < -0.3 is 25.2 Å². The Balaban J connectivity index is 1.48. The molecule has 204 valence electrons. The van der Waals surface area contributed by atoms with E-state index in [1.807, 2.05) is 30.3 Å². The molecular weight excluding hydrogens is 497 g/mol. The Hall–Kier alpha value is -3.58. The normalized spacial score (nSPS) is 22.3. The van der Waals surface area contributed by atoms with E-state index in [4.69, 9.17) is 4.74 Å². The number of nitrogens with zero attached hydrogens (tertiary/aromatic N) is 4. The van der Waals surface area contributed by atoms with E-state index < -0.39 is 42.8 Å². The highest BCUT2D eigenvalue weighted by atomic mass is 19.1. The van der Waals surface area contributed by atoms with Gasteiger partial charge in [0.2, 0.25) is 5.91 Å². The Bertz CT molecular complexity index is 1140. The SMILES string of the molecule is CN1CC(O)N2[C@@H](CC(=O)O)C(=O)N(CCOCc3cccc(F)c3)C[C@@H]2N1C(=O)NCc1ccccc1. The Labute approximate surface area is 219 Å². The number of carboxylic acids is 1. The lowest BCUT2D eigenvalue weighted by atomic mass is 10.0. The van der Waals surface area contributed by atoms with Crippen LogP contribution in [0.15, 0.2) is 54.6 Å². The van der Waals surface area contributed by atoms with E-state index in [2.05, 4.69) is 5.32 Å². The van der Waals surface area contributed by atoms with E-state index in [0.717, 1.165) is 5.56 Å². The van der Waals surface area contributed by atoms with Gasteiger partial charge in [-0.05, 0) is 23.3 Å². The summed E-state index contributed by atoms with van der Waals surface area (Å²) in [5.74, 6) is -2.04. The summed E-state index contributed by atoms with van der Waals surface area (Å²) in [6.45, 7) is 0.715. The van der Waals surface area contributed by atoms with Crippen LogP contribution in [0.1, 0.15) is 17.5 Å². The Morgan fingerprint density at radius 3 is 2.55 bits per heavy atom. The lowest BCUT2D eigenvalue weighted by molar-refractivity contribution is -0.224. The quantitative estimate of drug-likeness (QED) is 0.412. The van der Waals surface area contributed by atoms with E-state index >= 15 is 0 Å².